The lowest BCUT2D eigenvalue weighted by Gasteiger charge is -2.18. The molecule has 1 nitrogen and oxygen atoms in total. The maximum Gasteiger partial charge on any atom is 0.129 e. The van der Waals surface area contributed by atoms with E-state index >= 15 is 0 Å². The Kier molecular flexibility index (Phi) is 4.17. The van der Waals surface area contributed by atoms with E-state index in [-0.39, 0.29) is 5.82 Å². The van der Waals surface area contributed by atoms with Crippen LogP contribution in [0.25, 0.3) is 0 Å². The van der Waals surface area contributed by atoms with Gasteiger partial charge in [0.15, 0.2) is 0 Å². The SMILES string of the molecule is CNC(c1cc(C)cc(F)c1)c1ccc(Cl)cc1F. The molecule has 19 heavy (non-hydrogen) atoms. The van der Waals surface area contributed by atoms with Crippen molar-refractivity contribution in [3.8, 4) is 0 Å². The third-order valence-corrected chi connectivity index (χ3v) is 3.20. The Labute approximate surface area is 116 Å². The molecule has 1 unspecified atom stereocenters. The number of halogens is 3. The zero-order valence-corrected chi connectivity index (χ0v) is 11.4. The van der Waals surface area contributed by atoms with Crippen molar-refractivity contribution in [3.63, 3.8) is 0 Å². The fraction of sp³-hybridized carbons (Fsp3) is 0.200. The Bertz CT molecular complexity index is 578. The Morgan fingerprint density at radius 1 is 1.11 bits per heavy atom. The minimum absolute atomic E-state index is 0.329. The van der Waals surface area contributed by atoms with E-state index in [1.54, 1.807) is 26.1 Å². The van der Waals surface area contributed by atoms with Crippen LogP contribution in [0.4, 0.5) is 8.78 Å². The molecule has 0 saturated carbocycles. The van der Waals surface area contributed by atoms with Crippen molar-refractivity contribution in [2.75, 3.05) is 7.05 Å². The predicted molar refractivity (Wildman–Crippen MR) is 73.4 cm³/mol. The summed E-state index contributed by atoms with van der Waals surface area (Å²) in [6, 6.07) is 8.75. The first-order valence-electron chi connectivity index (χ1n) is 5.90. The van der Waals surface area contributed by atoms with E-state index in [4.69, 9.17) is 11.6 Å². The van der Waals surface area contributed by atoms with Gasteiger partial charge in [-0.25, -0.2) is 8.78 Å². The highest BCUT2D eigenvalue weighted by Gasteiger charge is 2.17. The maximum absolute atomic E-state index is 14.0. The van der Waals surface area contributed by atoms with Crippen LogP contribution in [0.15, 0.2) is 36.4 Å². The second-order valence-corrected chi connectivity index (χ2v) is 4.89. The first kappa shape index (κ1) is 14.0. The van der Waals surface area contributed by atoms with Gasteiger partial charge in [0.1, 0.15) is 11.6 Å². The van der Waals surface area contributed by atoms with Crippen LogP contribution in [0, 0.1) is 18.6 Å². The van der Waals surface area contributed by atoms with Crippen LogP contribution >= 0.6 is 11.6 Å². The second-order valence-electron chi connectivity index (χ2n) is 4.45. The molecule has 0 aromatic heterocycles. The van der Waals surface area contributed by atoms with E-state index in [1.165, 1.54) is 18.2 Å². The van der Waals surface area contributed by atoms with E-state index in [9.17, 15) is 8.78 Å². The predicted octanol–water partition coefficient (Wildman–Crippen LogP) is 4.24. The fourth-order valence-electron chi connectivity index (χ4n) is 2.17. The Balaban J connectivity index is 2.49. The molecule has 0 fully saturated rings. The summed E-state index contributed by atoms with van der Waals surface area (Å²) in [6.45, 7) is 1.80. The highest BCUT2D eigenvalue weighted by Crippen LogP contribution is 2.27. The van der Waals surface area contributed by atoms with E-state index in [2.05, 4.69) is 5.32 Å². The molecule has 2 aromatic rings. The molecular formula is C15H14ClF2N. The smallest absolute Gasteiger partial charge is 0.129 e. The molecule has 1 atom stereocenters. The zero-order chi connectivity index (χ0) is 14.0. The molecule has 2 rings (SSSR count). The van der Waals surface area contributed by atoms with Crippen LogP contribution in [0.2, 0.25) is 5.02 Å². The molecule has 0 radical (unpaired) electrons. The van der Waals surface area contributed by atoms with Crippen molar-refractivity contribution in [2.45, 2.75) is 13.0 Å². The molecule has 0 aliphatic heterocycles. The van der Waals surface area contributed by atoms with Crippen molar-refractivity contribution < 1.29 is 8.78 Å². The summed E-state index contributed by atoms with van der Waals surface area (Å²) in [5.74, 6) is -0.738. The first-order valence-corrected chi connectivity index (χ1v) is 6.28. The highest BCUT2D eigenvalue weighted by molar-refractivity contribution is 6.30. The molecule has 1 N–H and O–H groups in total. The molecule has 2 aromatic carbocycles. The van der Waals surface area contributed by atoms with Gasteiger partial charge >= 0.3 is 0 Å². The minimum atomic E-state index is -0.410. The molecule has 0 aliphatic carbocycles. The topological polar surface area (TPSA) is 12.0 Å². The van der Waals surface area contributed by atoms with E-state index in [0.717, 1.165) is 5.56 Å². The van der Waals surface area contributed by atoms with Gasteiger partial charge in [0.2, 0.25) is 0 Å². The summed E-state index contributed by atoms with van der Waals surface area (Å²) in [4.78, 5) is 0. The van der Waals surface area contributed by atoms with Gasteiger partial charge in [-0.1, -0.05) is 23.7 Å². The van der Waals surface area contributed by atoms with Crippen molar-refractivity contribution in [3.05, 3.63) is 69.7 Å². The van der Waals surface area contributed by atoms with E-state index in [1.807, 2.05) is 6.07 Å². The van der Waals surface area contributed by atoms with Crippen LogP contribution < -0.4 is 5.32 Å². The minimum Gasteiger partial charge on any atom is -0.309 e. The van der Waals surface area contributed by atoms with Crippen LogP contribution in [0.3, 0.4) is 0 Å². The van der Waals surface area contributed by atoms with E-state index < -0.39 is 11.9 Å². The monoisotopic (exact) mass is 281 g/mol. The summed E-state index contributed by atoms with van der Waals surface area (Å²) in [7, 11) is 1.71. The lowest BCUT2D eigenvalue weighted by molar-refractivity contribution is 0.571. The summed E-state index contributed by atoms with van der Waals surface area (Å²) >= 11 is 5.74. The summed E-state index contributed by atoms with van der Waals surface area (Å²) in [5.41, 5.74) is 1.92. The molecule has 100 valence electrons. The maximum atomic E-state index is 14.0. The zero-order valence-electron chi connectivity index (χ0n) is 10.7. The van der Waals surface area contributed by atoms with Crippen molar-refractivity contribution in [2.24, 2.45) is 0 Å². The average Bonchev–Trinajstić information content (AvgIpc) is 2.31. The number of rotatable bonds is 3. The Morgan fingerprint density at radius 2 is 1.84 bits per heavy atom. The molecular weight excluding hydrogens is 268 g/mol. The highest BCUT2D eigenvalue weighted by atomic mass is 35.5. The quantitative estimate of drug-likeness (QED) is 0.887. The van der Waals surface area contributed by atoms with Gasteiger partial charge in [-0.3, -0.25) is 0 Å². The standard InChI is InChI=1S/C15H14ClF2N/c1-9-5-10(7-12(17)6-9)15(19-2)13-4-3-11(16)8-14(13)18/h3-8,15,19H,1-2H3. The third kappa shape index (κ3) is 3.11. The lowest BCUT2D eigenvalue weighted by Crippen LogP contribution is -2.19. The average molecular weight is 282 g/mol. The molecule has 0 saturated heterocycles. The molecule has 0 bridgehead atoms. The molecule has 0 spiro atoms. The molecule has 0 heterocycles. The molecule has 0 aliphatic rings. The van der Waals surface area contributed by atoms with Crippen molar-refractivity contribution in [1.82, 2.24) is 5.32 Å². The van der Waals surface area contributed by atoms with Gasteiger partial charge in [0.05, 0.1) is 6.04 Å². The van der Waals surface area contributed by atoms with Crippen LogP contribution in [0.1, 0.15) is 22.7 Å². The largest absolute Gasteiger partial charge is 0.309 e. The van der Waals surface area contributed by atoms with Gasteiger partial charge in [0, 0.05) is 10.6 Å². The number of hydrogen-bond acceptors (Lipinski definition) is 1. The first-order chi connectivity index (χ1) is 9.01. The molecule has 0 amide bonds. The van der Waals surface area contributed by atoms with Gasteiger partial charge < -0.3 is 5.32 Å². The Morgan fingerprint density at radius 3 is 2.42 bits per heavy atom. The fourth-order valence-corrected chi connectivity index (χ4v) is 2.33. The summed E-state index contributed by atoms with van der Waals surface area (Å²) < 4.78 is 27.4. The number of aryl methyl sites for hydroxylation is 1. The third-order valence-electron chi connectivity index (χ3n) is 2.96. The summed E-state index contributed by atoms with van der Waals surface area (Å²) in [5, 5.41) is 3.34. The van der Waals surface area contributed by atoms with Crippen LogP contribution in [0.5, 0.6) is 0 Å². The van der Waals surface area contributed by atoms with Gasteiger partial charge in [0.25, 0.3) is 0 Å². The van der Waals surface area contributed by atoms with Crippen molar-refractivity contribution in [1.29, 1.82) is 0 Å². The summed E-state index contributed by atoms with van der Waals surface area (Å²) in [6.07, 6.45) is 0. The number of hydrogen-bond donors (Lipinski definition) is 1. The number of benzene rings is 2. The van der Waals surface area contributed by atoms with Gasteiger partial charge in [-0.15, -0.1) is 0 Å². The molecule has 4 heteroatoms. The van der Waals surface area contributed by atoms with Crippen LogP contribution in [-0.2, 0) is 0 Å². The van der Waals surface area contributed by atoms with Gasteiger partial charge in [-0.05, 0) is 49.4 Å². The van der Waals surface area contributed by atoms with Gasteiger partial charge in [-0.2, -0.15) is 0 Å². The normalized spacial score (nSPS) is 12.5. The van der Waals surface area contributed by atoms with E-state index in [0.29, 0.717) is 16.1 Å². The lowest BCUT2D eigenvalue weighted by atomic mass is 9.97. The Hall–Kier alpha value is -1.45. The second kappa shape index (κ2) is 5.68. The number of nitrogens with one attached hydrogen (secondary N) is 1. The van der Waals surface area contributed by atoms with Crippen molar-refractivity contribution >= 4 is 11.6 Å². The van der Waals surface area contributed by atoms with Crippen LogP contribution in [-0.4, -0.2) is 7.05 Å².